The summed E-state index contributed by atoms with van der Waals surface area (Å²) in [4.78, 5) is 31.7. The third-order valence-corrected chi connectivity index (χ3v) is 8.90. The van der Waals surface area contributed by atoms with Crippen LogP contribution in [0.2, 0.25) is 5.02 Å². The molecule has 3 heterocycles. The van der Waals surface area contributed by atoms with E-state index in [0.717, 1.165) is 47.8 Å². The van der Waals surface area contributed by atoms with Crippen LogP contribution in [0.4, 0.5) is 5.69 Å². The second kappa shape index (κ2) is 14.5. The van der Waals surface area contributed by atoms with Gasteiger partial charge in [0, 0.05) is 94.6 Å². The molecule has 0 aliphatic carbocycles. The molecule has 0 bridgehead atoms. The molecule has 2 amide bonds. The molecule has 3 aliphatic heterocycles. The Morgan fingerprint density at radius 2 is 1.84 bits per heavy atom. The first kappa shape index (κ1) is 34.0. The predicted molar refractivity (Wildman–Crippen MR) is 162 cm³/mol. The number of carbonyl (C=O) groups is 2. The van der Waals surface area contributed by atoms with Gasteiger partial charge in [-0.3, -0.25) is 14.5 Å². The van der Waals surface area contributed by atoms with Crippen molar-refractivity contribution in [1.82, 2.24) is 15.1 Å². The molecule has 3 aromatic carbocycles. The van der Waals surface area contributed by atoms with Gasteiger partial charge in [0.25, 0.3) is 5.91 Å². The molecule has 2 fully saturated rings. The first-order valence-corrected chi connectivity index (χ1v) is 14.6. The molecule has 3 aliphatic rings. The Labute approximate surface area is 294 Å². The zero-order chi connectivity index (χ0) is 28.7. The molecule has 0 spiro atoms. The van der Waals surface area contributed by atoms with E-state index in [9.17, 15) is 14.7 Å². The fourth-order valence-electron chi connectivity index (χ4n) is 6.26. The van der Waals surface area contributed by atoms with Crippen LogP contribution in [-0.2, 0) is 28.1 Å². The number of likely N-dealkylation sites (tertiary alicyclic amines) is 2. The van der Waals surface area contributed by atoms with Gasteiger partial charge in [-0.05, 0) is 79.7 Å². The molecule has 8 nitrogen and oxygen atoms in total. The van der Waals surface area contributed by atoms with Crippen LogP contribution < -0.4 is 15.0 Å². The SMILES string of the molecule is C=CC(=O)N1CC(CN2C(=O)C(CN3CCC(NC)CC3)Oc3cc(-c4cc(O)cc5ccccc45)c(Cl)cc32)C1.[Pa].[V]. The summed E-state index contributed by atoms with van der Waals surface area (Å²) in [5.74, 6) is 0.702. The summed E-state index contributed by atoms with van der Waals surface area (Å²) in [6, 6.07) is 15.5. The molecule has 2 saturated heterocycles. The Balaban J connectivity index is 0.00000212. The minimum Gasteiger partial charge on any atom is -0.508 e. The number of halogens is 1. The number of phenolic OH excluding ortho intramolecular Hbond substituents is 1. The molecule has 2 radical (unpaired) electrons. The van der Waals surface area contributed by atoms with Gasteiger partial charge in [-0.15, -0.1) is 0 Å². The number of ether oxygens (including phenoxy) is 1. The number of aromatic hydroxyl groups is 1. The maximum absolute atomic E-state index is 13.9. The Morgan fingerprint density at radius 1 is 1.12 bits per heavy atom. The van der Waals surface area contributed by atoms with Crippen LogP contribution in [0.1, 0.15) is 12.8 Å². The number of anilines is 1. The maximum Gasteiger partial charge on any atom is 0.269 e. The van der Waals surface area contributed by atoms with E-state index in [2.05, 4.69) is 16.8 Å². The number of phenols is 1. The van der Waals surface area contributed by atoms with Gasteiger partial charge < -0.3 is 25.0 Å². The van der Waals surface area contributed by atoms with Gasteiger partial charge in [0.15, 0.2) is 6.10 Å². The summed E-state index contributed by atoms with van der Waals surface area (Å²) in [5.41, 5.74) is 2.15. The van der Waals surface area contributed by atoms with Crippen molar-refractivity contribution in [2.45, 2.75) is 25.0 Å². The van der Waals surface area contributed by atoms with Gasteiger partial charge in [0.2, 0.25) is 5.91 Å². The van der Waals surface area contributed by atoms with Crippen molar-refractivity contribution in [3.8, 4) is 22.6 Å². The van der Waals surface area contributed by atoms with Gasteiger partial charge in [0.1, 0.15) is 11.5 Å². The number of rotatable bonds is 7. The van der Waals surface area contributed by atoms with Crippen molar-refractivity contribution < 1.29 is 70.3 Å². The van der Waals surface area contributed by atoms with E-state index >= 15 is 0 Å². The summed E-state index contributed by atoms with van der Waals surface area (Å²) in [7, 11) is 1.99. The Bertz CT molecular complexity index is 1510. The first-order chi connectivity index (χ1) is 19.8. The number of hydrogen-bond donors (Lipinski definition) is 2. The molecule has 3 aromatic rings. The van der Waals surface area contributed by atoms with Crippen LogP contribution in [0.25, 0.3) is 21.9 Å². The molecular weight excluding hydrogens is 822 g/mol. The zero-order valence-corrected chi connectivity index (χ0v) is 31.2. The van der Waals surface area contributed by atoms with Crippen LogP contribution in [0, 0.1) is 38.2 Å². The van der Waals surface area contributed by atoms with Crippen molar-refractivity contribution in [1.29, 1.82) is 0 Å². The topological polar surface area (TPSA) is 85.4 Å². The number of benzene rings is 3. The van der Waals surface area contributed by atoms with Crippen molar-refractivity contribution in [3.05, 3.63) is 66.2 Å². The average Bonchev–Trinajstić information content (AvgIpc) is 2.96. The second-order valence-corrected chi connectivity index (χ2v) is 11.7. The van der Waals surface area contributed by atoms with E-state index in [1.165, 1.54) is 6.08 Å². The Kier molecular flexibility index (Phi) is 11.4. The zero-order valence-electron chi connectivity index (χ0n) is 24.2. The van der Waals surface area contributed by atoms with Gasteiger partial charge >= 0.3 is 0 Å². The summed E-state index contributed by atoms with van der Waals surface area (Å²) < 4.78 is 6.45. The Hall–Kier alpha value is -1.91. The molecule has 222 valence electrons. The molecule has 2 N–H and O–H groups in total. The van der Waals surface area contributed by atoms with Crippen molar-refractivity contribution in [3.63, 3.8) is 0 Å². The van der Waals surface area contributed by atoms with E-state index in [-0.39, 0.29) is 74.3 Å². The van der Waals surface area contributed by atoms with Crippen LogP contribution in [-0.4, -0.2) is 85.2 Å². The summed E-state index contributed by atoms with van der Waals surface area (Å²) in [6.45, 7) is 7.50. The molecule has 43 heavy (non-hydrogen) atoms. The number of piperidine rings is 1. The van der Waals surface area contributed by atoms with E-state index in [1.807, 2.05) is 37.4 Å². The standard InChI is InChI=1S/C32H35ClN4O4.Pa.V/c1-3-31(39)36-16-20(17-36)18-37-28-15-27(33)26(25-13-23(38)12-21-6-4-5-7-24(21)25)14-29(28)41-30(32(37)40)19-35-10-8-22(34-2)9-11-35;;/h3-7,12-15,20,22,30,34,38H,1,8-11,16-19H2,2H3;;. The van der Waals surface area contributed by atoms with E-state index in [1.54, 1.807) is 28.0 Å². The van der Waals surface area contributed by atoms with Gasteiger partial charge in [-0.2, -0.15) is 0 Å². The number of hydrogen-bond acceptors (Lipinski definition) is 6. The van der Waals surface area contributed by atoms with Crippen molar-refractivity contribution in [2.75, 3.05) is 51.2 Å². The molecule has 0 saturated carbocycles. The molecule has 6 rings (SSSR count). The largest absolute Gasteiger partial charge is 0.508 e. The first-order valence-electron chi connectivity index (χ1n) is 14.2. The summed E-state index contributed by atoms with van der Waals surface area (Å²) in [5, 5.41) is 16.2. The molecular formula is C32H35ClN4O4PaV. The molecule has 1 atom stereocenters. The van der Waals surface area contributed by atoms with Gasteiger partial charge in [0.05, 0.1) is 10.7 Å². The van der Waals surface area contributed by atoms with Crippen LogP contribution in [0.5, 0.6) is 11.5 Å². The minimum atomic E-state index is -0.658. The van der Waals surface area contributed by atoms with Crippen LogP contribution in [0.3, 0.4) is 0 Å². The smallest absolute Gasteiger partial charge is 0.269 e. The van der Waals surface area contributed by atoms with E-state index in [0.29, 0.717) is 48.7 Å². The van der Waals surface area contributed by atoms with E-state index in [4.69, 9.17) is 16.3 Å². The van der Waals surface area contributed by atoms with Crippen molar-refractivity contribution >= 4 is 39.9 Å². The molecule has 0 aromatic heterocycles. The minimum absolute atomic E-state index is 0. The third kappa shape index (κ3) is 7.01. The number of amides is 2. The van der Waals surface area contributed by atoms with Crippen LogP contribution >= 0.6 is 11.6 Å². The predicted octanol–water partition coefficient (Wildman–Crippen LogP) is 4.29. The number of carbonyl (C=O) groups excluding carboxylic acids is 2. The van der Waals surface area contributed by atoms with Gasteiger partial charge in [-0.1, -0.05) is 42.4 Å². The third-order valence-electron chi connectivity index (χ3n) is 8.59. The second-order valence-electron chi connectivity index (χ2n) is 11.2. The molecule has 11 heteroatoms. The quantitative estimate of drug-likeness (QED) is 0.346. The number of nitrogens with one attached hydrogen (secondary N) is 1. The monoisotopic (exact) mass is 856 g/mol. The number of fused-ring (bicyclic) bond motifs is 2. The fraction of sp³-hybridized carbons (Fsp3) is 0.375. The van der Waals surface area contributed by atoms with Crippen LogP contribution in [0.15, 0.2) is 61.2 Å². The summed E-state index contributed by atoms with van der Waals surface area (Å²) in [6.07, 6.45) is 2.72. The Morgan fingerprint density at radius 3 is 2.53 bits per heavy atom. The fourth-order valence-corrected chi connectivity index (χ4v) is 6.52. The molecule has 1 unspecified atom stereocenters. The number of nitrogens with zero attached hydrogens (tertiary/aromatic N) is 3. The van der Waals surface area contributed by atoms with Crippen molar-refractivity contribution in [2.24, 2.45) is 5.92 Å². The van der Waals surface area contributed by atoms with E-state index < -0.39 is 6.10 Å². The summed E-state index contributed by atoms with van der Waals surface area (Å²) >= 11 is 6.90. The van der Waals surface area contributed by atoms with Gasteiger partial charge in [-0.25, -0.2) is 0 Å². The average molecular weight is 857 g/mol. The maximum atomic E-state index is 13.9. The normalized spacial score (nSPS) is 19.1.